The molecule has 0 aliphatic carbocycles. The van der Waals surface area contributed by atoms with Crippen LogP contribution in [0.1, 0.15) is 33.6 Å². The highest BCUT2D eigenvalue weighted by molar-refractivity contribution is 5.18. The van der Waals surface area contributed by atoms with Gasteiger partial charge in [0.05, 0.1) is 0 Å². The van der Waals surface area contributed by atoms with Crippen molar-refractivity contribution >= 4 is 0 Å². The summed E-state index contributed by atoms with van der Waals surface area (Å²) in [5.41, 5.74) is 7.26. The second-order valence-electron chi connectivity index (χ2n) is 3.13. The normalized spacial score (nSPS) is 15.8. The van der Waals surface area contributed by atoms with E-state index >= 15 is 0 Å². The fraction of sp³-hybridized carbons (Fsp3) is 0.500. The van der Waals surface area contributed by atoms with Crippen molar-refractivity contribution in [1.82, 2.24) is 0 Å². The first kappa shape index (κ1) is 12.2. The summed E-state index contributed by atoms with van der Waals surface area (Å²) in [6.07, 6.45) is 12.4. The zero-order chi connectivity index (χ0) is 10.1. The summed E-state index contributed by atoms with van der Waals surface area (Å²) in [5, 5.41) is 0. The molecule has 13 heavy (non-hydrogen) atoms. The van der Waals surface area contributed by atoms with E-state index in [2.05, 4.69) is 31.2 Å². The van der Waals surface area contributed by atoms with Gasteiger partial charge in [-0.1, -0.05) is 36.0 Å². The SMILES string of the molecule is C/C=C\C(=C/C)CC(N)C/C=C/C. The molecule has 1 unspecified atom stereocenters. The molecule has 0 bridgehead atoms. The summed E-state index contributed by atoms with van der Waals surface area (Å²) in [5.74, 6) is 0. The van der Waals surface area contributed by atoms with Crippen LogP contribution in [-0.2, 0) is 0 Å². The van der Waals surface area contributed by atoms with Crippen molar-refractivity contribution in [3.8, 4) is 0 Å². The topological polar surface area (TPSA) is 26.0 Å². The predicted octanol–water partition coefficient (Wildman–Crippen LogP) is 3.19. The maximum atomic E-state index is 5.94. The van der Waals surface area contributed by atoms with E-state index in [1.807, 2.05) is 19.9 Å². The van der Waals surface area contributed by atoms with Gasteiger partial charge in [0.1, 0.15) is 0 Å². The van der Waals surface area contributed by atoms with Crippen LogP contribution in [0, 0.1) is 0 Å². The highest BCUT2D eigenvalue weighted by Crippen LogP contribution is 2.08. The molecule has 0 rings (SSSR count). The molecule has 1 heteroatoms. The molecule has 74 valence electrons. The Kier molecular flexibility index (Phi) is 7.32. The Balaban J connectivity index is 3.94. The molecule has 0 aromatic heterocycles. The Labute approximate surface area is 82.0 Å². The minimum atomic E-state index is 0.249. The van der Waals surface area contributed by atoms with Crippen LogP contribution in [0.15, 0.2) is 36.0 Å². The minimum absolute atomic E-state index is 0.249. The molecule has 0 aromatic rings. The highest BCUT2D eigenvalue weighted by Gasteiger charge is 2.00. The van der Waals surface area contributed by atoms with Gasteiger partial charge in [0.15, 0.2) is 0 Å². The average molecular weight is 179 g/mol. The second kappa shape index (κ2) is 7.81. The van der Waals surface area contributed by atoms with Crippen LogP contribution in [0.5, 0.6) is 0 Å². The number of rotatable bonds is 5. The molecule has 0 spiro atoms. The maximum absolute atomic E-state index is 5.94. The number of allylic oxidation sites excluding steroid dienone is 4. The van der Waals surface area contributed by atoms with Crippen molar-refractivity contribution in [1.29, 1.82) is 0 Å². The van der Waals surface area contributed by atoms with Crippen molar-refractivity contribution in [2.24, 2.45) is 5.73 Å². The Bertz CT molecular complexity index is 199. The summed E-state index contributed by atoms with van der Waals surface area (Å²) in [7, 11) is 0. The molecule has 2 N–H and O–H groups in total. The van der Waals surface area contributed by atoms with E-state index in [-0.39, 0.29) is 6.04 Å². The number of nitrogens with two attached hydrogens (primary N) is 1. The smallest absolute Gasteiger partial charge is 0.0114 e. The molecule has 0 heterocycles. The monoisotopic (exact) mass is 179 g/mol. The van der Waals surface area contributed by atoms with Crippen molar-refractivity contribution in [3.63, 3.8) is 0 Å². The quantitative estimate of drug-likeness (QED) is 0.509. The molecule has 0 amide bonds. The molecule has 0 aliphatic rings. The first-order valence-corrected chi connectivity index (χ1v) is 4.89. The Morgan fingerprint density at radius 2 is 1.92 bits per heavy atom. The van der Waals surface area contributed by atoms with Crippen LogP contribution in [0.3, 0.4) is 0 Å². The van der Waals surface area contributed by atoms with Gasteiger partial charge in [0.25, 0.3) is 0 Å². The lowest BCUT2D eigenvalue weighted by molar-refractivity contribution is 0.680. The average Bonchev–Trinajstić information content (AvgIpc) is 2.14. The molecule has 0 aliphatic heterocycles. The van der Waals surface area contributed by atoms with Gasteiger partial charge in [-0.05, 0) is 33.6 Å². The summed E-state index contributed by atoms with van der Waals surface area (Å²) in [6, 6.07) is 0.249. The van der Waals surface area contributed by atoms with Gasteiger partial charge in [-0.15, -0.1) is 0 Å². The zero-order valence-electron chi connectivity index (χ0n) is 8.96. The van der Waals surface area contributed by atoms with Gasteiger partial charge in [-0.25, -0.2) is 0 Å². The largest absolute Gasteiger partial charge is 0.327 e. The van der Waals surface area contributed by atoms with Crippen LogP contribution in [0.2, 0.25) is 0 Å². The van der Waals surface area contributed by atoms with Gasteiger partial charge in [0, 0.05) is 6.04 Å². The third-order valence-corrected chi connectivity index (χ3v) is 1.92. The molecule has 1 nitrogen and oxygen atoms in total. The summed E-state index contributed by atoms with van der Waals surface area (Å²) in [6.45, 7) is 6.11. The molecule has 0 saturated heterocycles. The summed E-state index contributed by atoms with van der Waals surface area (Å²) < 4.78 is 0. The van der Waals surface area contributed by atoms with Gasteiger partial charge in [0.2, 0.25) is 0 Å². The lowest BCUT2D eigenvalue weighted by Crippen LogP contribution is -2.19. The fourth-order valence-corrected chi connectivity index (χ4v) is 1.19. The lowest BCUT2D eigenvalue weighted by atomic mass is 10.0. The lowest BCUT2D eigenvalue weighted by Gasteiger charge is -2.09. The van der Waals surface area contributed by atoms with Crippen molar-refractivity contribution in [2.45, 2.75) is 39.7 Å². The van der Waals surface area contributed by atoms with E-state index in [1.54, 1.807) is 0 Å². The number of hydrogen-bond acceptors (Lipinski definition) is 1. The van der Waals surface area contributed by atoms with Crippen LogP contribution in [0.25, 0.3) is 0 Å². The van der Waals surface area contributed by atoms with Gasteiger partial charge < -0.3 is 5.73 Å². The molecule has 0 aromatic carbocycles. The van der Waals surface area contributed by atoms with E-state index in [0.717, 1.165) is 12.8 Å². The second-order valence-corrected chi connectivity index (χ2v) is 3.13. The zero-order valence-corrected chi connectivity index (χ0v) is 8.96. The van der Waals surface area contributed by atoms with E-state index < -0.39 is 0 Å². The molecular formula is C12H21N. The molecule has 0 saturated carbocycles. The first-order valence-electron chi connectivity index (χ1n) is 4.89. The van der Waals surface area contributed by atoms with Crippen LogP contribution < -0.4 is 5.73 Å². The Morgan fingerprint density at radius 1 is 1.23 bits per heavy atom. The third-order valence-electron chi connectivity index (χ3n) is 1.92. The van der Waals surface area contributed by atoms with Gasteiger partial charge >= 0.3 is 0 Å². The maximum Gasteiger partial charge on any atom is 0.0114 e. The minimum Gasteiger partial charge on any atom is -0.327 e. The van der Waals surface area contributed by atoms with Crippen molar-refractivity contribution < 1.29 is 0 Å². The molecule has 0 fully saturated rings. The highest BCUT2D eigenvalue weighted by atomic mass is 14.6. The van der Waals surface area contributed by atoms with Crippen LogP contribution >= 0.6 is 0 Å². The van der Waals surface area contributed by atoms with E-state index in [0.29, 0.717) is 0 Å². The third kappa shape index (κ3) is 6.35. The van der Waals surface area contributed by atoms with Gasteiger partial charge in [-0.3, -0.25) is 0 Å². The van der Waals surface area contributed by atoms with Crippen molar-refractivity contribution in [3.05, 3.63) is 36.0 Å². The summed E-state index contributed by atoms with van der Waals surface area (Å²) >= 11 is 0. The Morgan fingerprint density at radius 3 is 2.38 bits per heavy atom. The van der Waals surface area contributed by atoms with E-state index in [4.69, 9.17) is 5.73 Å². The van der Waals surface area contributed by atoms with E-state index in [9.17, 15) is 0 Å². The summed E-state index contributed by atoms with van der Waals surface area (Å²) in [4.78, 5) is 0. The molecule has 0 radical (unpaired) electrons. The Hall–Kier alpha value is -0.820. The first-order chi connectivity index (χ1) is 6.24. The fourth-order valence-electron chi connectivity index (χ4n) is 1.19. The predicted molar refractivity (Wildman–Crippen MR) is 60.6 cm³/mol. The van der Waals surface area contributed by atoms with Gasteiger partial charge in [-0.2, -0.15) is 0 Å². The van der Waals surface area contributed by atoms with Crippen LogP contribution in [0.4, 0.5) is 0 Å². The van der Waals surface area contributed by atoms with E-state index in [1.165, 1.54) is 5.57 Å². The number of hydrogen-bond donors (Lipinski definition) is 1. The van der Waals surface area contributed by atoms with Crippen molar-refractivity contribution in [2.75, 3.05) is 0 Å². The molecular weight excluding hydrogens is 158 g/mol. The molecule has 1 atom stereocenters. The standard InChI is InChI=1S/C12H21N/c1-4-7-9-12(13)10-11(6-3)8-5-2/h4-8,12H,9-10,13H2,1-3H3/b7-4+,8-5-,11-6+. The van der Waals surface area contributed by atoms with Crippen LogP contribution in [-0.4, -0.2) is 6.04 Å².